The van der Waals surface area contributed by atoms with Crippen LogP contribution in [0.2, 0.25) is 0 Å². The first-order valence-electron chi connectivity index (χ1n) is 7.91. The average Bonchev–Trinajstić information content (AvgIpc) is 2.61. The van der Waals surface area contributed by atoms with Crippen LogP contribution in [0.3, 0.4) is 0 Å². The minimum atomic E-state index is -1.30. The van der Waals surface area contributed by atoms with Crippen molar-refractivity contribution in [2.45, 2.75) is 25.4 Å². The Morgan fingerprint density at radius 2 is 1.57 bits per heavy atom. The van der Waals surface area contributed by atoms with Gasteiger partial charge < -0.3 is 15.2 Å². The van der Waals surface area contributed by atoms with E-state index in [1.807, 2.05) is 67.6 Å². The normalized spacial score (nSPS) is 11.0. The van der Waals surface area contributed by atoms with E-state index in [0.29, 0.717) is 6.61 Å². The van der Waals surface area contributed by atoms with Crippen LogP contribution in [0.15, 0.2) is 60.7 Å². The molecular weight excluding hydrogens is 290 g/mol. The largest absolute Gasteiger partial charge is 0.450 e. The van der Waals surface area contributed by atoms with Crippen LogP contribution in [-0.4, -0.2) is 24.4 Å². The van der Waals surface area contributed by atoms with Crippen molar-refractivity contribution in [3.8, 4) is 0 Å². The van der Waals surface area contributed by atoms with Crippen LogP contribution in [0.5, 0.6) is 0 Å². The fraction of sp³-hybridized carbons (Fsp3) is 0.316. The van der Waals surface area contributed by atoms with Crippen LogP contribution in [0.25, 0.3) is 0 Å². The number of carbonyl (C=O) groups excluding carboxylic acids is 1. The van der Waals surface area contributed by atoms with Crippen LogP contribution >= 0.6 is 0 Å². The molecule has 0 aliphatic rings. The maximum absolute atomic E-state index is 11.8. The predicted octanol–water partition coefficient (Wildman–Crippen LogP) is 3.45. The van der Waals surface area contributed by atoms with E-state index >= 15 is 0 Å². The van der Waals surface area contributed by atoms with Gasteiger partial charge in [-0.05, 0) is 17.5 Å². The van der Waals surface area contributed by atoms with Gasteiger partial charge in [-0.3, -0.25) is 0 Å². The summed E-state index contributed by atoms with van der Waals surface area (Å²) in [7, 11) is 0. The quantitative estimate of drug-likeness (QED) is 0.770. The maximum atomic E-state index is 11.8. The molecule has 2 aromatic rings. The molecule has 23 heavy (non-hydrogen) atoms. The molecule has 0 fully saturated rings. The minimum absolute atomic E-state index is 0.0476. The van der Waals surface area contributed by atoms with Crippen molar-refractivity contribution in [2.75, 3.05) is 13.2 Å². The number of carbonyl (C=O) groups is 1. The summed E-state index contributed by atoms with van der Waals surface area (Å²) in [4.78, 5) is 11.8. The van der Waals surface area contributed by atoms with Gasteiger partial charge >= 0.3 is 6.09 Å². The highest BCUT2D eigenvalue weighted by Crippen LogP contribution is 2.28. The Kier molecular flexibility index (Phi) is 6.18. The first kappa shape index (κ1) is 17.0. The number of hydrogen-bond donors (Lipinski definition) is 2. The van der Waals surface area contributed by atoms with Crippen molar-refractivity contribution in [1.82, 2.24) is 5.32 Å². The monoisotopic (exact) mass is 313 g/mol. The van der Waals surface area contributed by atoms with Crippen LogP contribution in [0.1, 0.15) is 30.9 Å². The molecule has 2 rings (SSSR count). The van der Waals surface area contributed by atoms with E-state index in [4.69, 9.17) is 4.74 Å². The molecule has 0 heterocycles. The van der Waals surface area contributed by atoms with Gasteiger partial charge in [0.15, 0.2) is 0 Å². The number of amides is 1. The zero-order chi connectivity index (χ0) is 16.5. The standard InChI is InChI=1S/C19H23NO3/c1-2-3-14-23-18(21)20-15-19(22,16-10-6-4-7-11-16)17-12-8-5-9-13-17/h4-13,22H,2-3,14-15H2,1H3,(H,20,21). The van der Waals surface area contributed by atoms with Gasteiger partial charge in [0, 0.05) is 0 Å². The Balaban J connectivity index is 2.14. The van der Waals surface area contributed by atoms with Crippen LogP contribution in [-0.2, 0) is 10.3 Å². The molecule has 0 spiro atoms. The van der Waals surface area contributed by atoms with E-state index in [9.17, 15) is 9.90 Å². The van der Waals surface area contributed by atoms with E-state index in [2.05, 4.69) is 5.32 Å². The number of unbranched alkanes of at least 4 members (excludes halogenated alkanes) is 1. The first-order chi connectivity index (χ1) is 11.2. The Morgan fingerprint density at radius 1 is 1.04 bits per heavy atom. The summed E-state index contributed by atoms with van der Waals surface area (Å²) in [5.74, 6) is 0. The lowest BCUT2D eigenvalue weighted by molar-refractivity contribution is 0.0740. The number of ether oxygens (including phenoxy) is 1. The van der Waals surface area contributed by atoms with Gasteiger partial charge in [-0.15, -0.1) is 0 Å². The molecule has 0 bridgehead atoms. The van der Waals surface area contributed by atoms with E-state index in [1.165, 1.54) is 0 Å². The summed E-state index contributed by atoms with van der Waals surface area (Å²) >= 11 is 0. The second kappa shape index (κ2) is 8.34. The molecule has 0 aromatic heterocycles. The van der Waals surface area contributed by atoms with Crippen molar-refractivity contribution in [1.29, 1.82) is 0 Å². The van der Waals surface area contributed by atoms with E-state index in [0.717, 1.165) is 24.0 Å². The predicted molar refractivity (Wildman–Crippen MR) is 90.1 cm³/mol. The molecule has 4 nitrogen and oxygen atoms in total. The molecular formula is C19H23NO3. The molecule has 2 N–H and O–H groups in total. The summed E-state index contributed by atoms with van der Waals surface area (Å²) in [6.45, 7) is 2.47. The van der Waals surface area contributed by atoms with Gasteiger partial charge in [0.25, 0.3) is 0 Å². The molecule has 4 heteroatoms. The maximum Gasteiger partial charge on any atom is 0.407 e. The minimum Gasteiger partial charge on any atom is -0.450 e. The number of alkyl carbamates (subject to hydrolysis) is 1. The summed E-state index contributed by atoms with van der Waals surface area (Å²) in [6.07, 6.45) is 1.28. The second-order valence-corrected chi connectivity index (χ2v) is 5.44. The zero-order valence-electron chi connectivity index (χ0n) is 13.4. The van der Waals surface area contributed by atoms with Crippen LogP contribution in [0.4, 0.5) is 4.79 Å². The molecule has 122 valence electrons. The fourth-order valence-corrected chi connectivity index (χ4v) is 2.36. The van der Waals surface area contributed by atoms with Crippen LogP contribution in [0, 0.1) is 0 Å². The van der Waals surface area contributed by atoms with Crippen molar-refractivity contribution >= 4 is 6.09 Å². The lowest BCUT2D eigenvalue weighted by atomic mass is 9.86. The fourth-order valence-electron chi connectivity index (χ4n) is 2.36. The molecule has 0 saturated heterocycles. The number of aliphatic hydroxyl groups is 1. The summed E-state index contributed by atoms with van der Waals surface area (Å²) in [6, 6.07) is 18.6. The second-order valence-electron chi connectivity index (χ2n) is 5.44. The van der Waals surface area contributed by atoms with E-state index in [1.54, 1.807) is 0 Å². The third-order valence-corrected chi connectivity index (χ3v) is 3.72. The molecule has 0 aliphatic heterocycles. The molecule has 0 unspecified atom stereocenters. The average molecular weight is 313 g/mol. The van der Waals surface area contributed by atoms with Gasteiger partial charge in [0.05, 0.1) is 13.2 Å². The summed E-state index contributed by atoms with van der Waals surface area (Å²) in [5.41, 5.74) is 0.145. The van der Waals surface area contributed by atoms with Crippen molar-refractivity contribution < 1.29 is 14.6 Å². The van der Waals surface area contributed by atoms with Crippen LogP contribution < -0.4 is 5.32 Å². The number of rotatable bonds is 7. The number of benzene rings is 2. The van der Waals surface area contributed by atoms with Gasteiger partial charge in [-0.1, -0.05) is 74.0 Å². The Labute approximate surface area is 137 Å². The van der Waals surface area contributed by atoms with Crippen molar-refractivity contribution in [3.63, 3.8) is 0 Å². The Bertz CT molecular complexity index is 559. The molecule has 2 aromatic carbocycles. The first-order valence-corrected chi connectivity index (χ1v) is 7.91. The summed E-state index contributed by atoms with van der Waals surface area (Å²) in [5, 5.41) is 13.9. The van der Waals surface area contributed by atoms with Gasteiger partial charge in [-0.25, -0.2) is 4.79 Å². The molecule has 0 saturated carbocycles. The highest BCUT2D eigenvalue weighted by Gasteiger charge is 2.32. The highest BCUT2D eigenvalue weighted by atomic mass is 16.5. The lowest BCUT2D eigenvalue weighted by Crippen LogP contribution is -2.42. The van der Waals surface area contributed by atoms with Crippen molar-refractivity contribution in [2.24, 2.45) is 0 Å². The Morgan fingerprint density at radius 3 is 2.04 bits per heavy atom. The van der Waals surface area contributed by atoms with Crippen molar-refractivity contribution in [3.05, 3.63) is 71.8 Å². The van der Waals surface area contributed by atoms with E-state index in [-0.39, 0.29) is 6.54 Å². The van der Waals surface area contributed by atoms with Gasteiger partial charge in [0.1, 0.15) is 5.60 Å². The van der Waals surface area contributed by atoms with Gasteiger partial charge in [-0.2, -0.15) is 0 Å². The highest BCUT2D eigenvalue weighted by molar-refractivity contribution is 5.67. The molecule has 0 atom stereocenters. The zero-order valence-corrected chi connectivity index (χ0v) is 13.4. The number of nitrogens with one attached hydrogen (secondary N) is 1. The summed E-state index contributed by atoms with van der Waals surface area (Å²) < 4.78 is 5.09. The van der Waals surface area contributed by atoms with E-state index < -0.39 is 11.7 Å². The van der Waals surface area contributed by atoms with Gasteiger partial charge in [0.2, 0.25) is 0 Å². The molecule has 0 aliphatic carbocycles. The lowest BCUT2D eigenvalue weighted by Gasteiger charge is -2.29. The molecule has 0 radical (unpaired) electrons. The smallest absolute Gasteiger partial charge is 0.407 e. The topological polar surface area (TPSA) is 58.6 Å². The number of hydrogen-bond acceptors (Lipinski definition) is 3. The third kappa shape index (κ3) is 4.57. The Hall–Kier alpha value is -2.33. The molecule has 1 amide bonds. The SMILES string of the molecule is CCCCOC(=O)NCC(O)(c1ccccc1)c1ccccc1. The third-order valence-electron chi connectivity index (χ3n) is 3.72.